The van der Waals surface area contributed by atoms with E-state index < -0.39 is 10.0 Å². The maximum Gasteiger partial charge on any atom is 0.227 e. The van der Waals surface area contributed by atoms with E-state index in [2.05, 4.69) is 0 Å². The van der Waals surface area contributed by atoms with E-state index in [1.54, 1.807) is 31.3 Å². The zero-order chi connectivity index (χ0) is 17.0. The number of benzene rings is 1. The average molecular weight is 342 g/mol. The van der Waals surface area contributed by atoms with E-state index >= 15 is 0 Å². The van der Waals surface area contributed by atoms with Crippen molar-refractivity contribution in [1.82, 2.24) is 9.21 Å². The second kappa shape index (κ2) is 7.18. The Kier molecular flexibility index (Phi) is 5.48. The molecule has 0 saturated carbocycles. The highest BCUT2D eigenvalue weighted by atomic mass is 32.2. The number of amides is 1. The van der Waals surface area contributed by atoms with Crippen molar-refractivity contribution in [3.8, 4) is 11.5 Å². The normalized spacial score (nSPS) is 16.2. The third-order valence-electron chi connectivity index (χ3n) is 3.86. The van der Waals surface area contributed by atoms with Crippen LogP contribution in [0.4, 0.5) is 0 Å². The first-order chi connectivity index (χ1) is 10.8. The lowest BCUT2D eigenvalue weighted by molar-refractivity contribution is -0.131. The van der Waals surface area contributed by atoms with Gasteiger partial charge in [-0.2, -0.15) is 4.31 Å². The maximum absolute atomic E-state index is 12.4. The average Bonchev–Trinajstić information content (AvgIpc) is 2.54. The van der Waals surface area contributed by atoms with Gasteiger partial charge in [-0.05, 0) is 17.7 Å². The molecule has 1 aromatic rings. The number of piperazine rings is 1. The van der Waals surface area contributed by atoms with Gasteiger partial charge in [0.05, 0.1) is 26.9 Å². The van der Waals surface area contributed by atoms with Gasteiger partial charge in [0.2, 0.25) is 15.9 Å². The zero-order valence-corrected chi connectivity index (χ0v) is 14.4. The zero-order valence-electron chi connectivity index (χ0n) is 13.6. The second-order valence-corrected chi connectivity index (χ2v) is 7.39. The molecule has 1 aliphatic rings. The summed E-state index contributed by atoms with van der Waals surface area (Å²) in [4.78, 5) is 14.1. The van der Waals surface area contributed by atoms with Crippen molar-refractivity contribution in [3.05, 3.63) is 23.8 Å². The second-order valence-electron chi connectivity index (χ2n) is 5.41. The summed E-state index contributed by atoms with van der Waals surface area (Å²) in [5.74, 6) is 1.18. The van der Waals surface area contributed by atoms with Crippen LogP contribution in [0.1, 0.15) is 5.56 Å². The molecule has 1 aliphatic heterocycles. The Morgan fingerprint density at radius 3 is 2.22 bits per heavy atom. The SMILES string of the molecule is COc1ccc(CC(=O)N2CCN(S(C)(=O)=O)CC2)cc1OC. The lowest BCUT2D eigenvalue weighted by Crippen LogP contribution is -2.50. The molecule has 1 amide bonds. The molecule has 0 N–H and O–H groups in total. The number of nitrogens with zero attached hydrogens (tertiary/aromatic N) is 2. The summed E-state index contributed by atoms with van der Waals surface area (Å²) in [7, 11) is -0.0767. The van der Waals surface area contributed by atoms with Gasteiger partial charge in [-0.1, -0.05) is 6.07 Å². The molecule has 2 rings (SSSR count). The lowest BCUT2D eigenvalue weighted by Gasteiger charge is -2.33. The van der Waals surface area contributed by atoms with Crippen LogP contribution in [-0.4, -0.2) is 70.2 Å². The van der Waals surface area contributed by atoms with Crippen molar-refractivity contribution in [3.63, 3.8) is 0 Å². The molecule has 1 saturated heterocycles. The van der Waals surface area contributed by atoms with Gasteiger partial charge in [-0.15, -0.1) is 0 Å². The third-order valence-corrected chi connectivity index (χ3v) is 5.17. The van der Waals surface area contributed by atoms with Gasteiger partial charge in [0, 0.05) is 26.2 Å². The van der Waals surface area contributed by atoms with Crippen molar-refractivity contribution in [2.24, 2.45) is 0 Å². The predicted molar refractivity (Wildman–Crippen MR) is 86.2 cm³/mol. The molecule has 1 heterocycles. The van der Waals surface area contributed by atoms with Crippen LogP contribution < -0.4 is 9.47 Å². The van der Waals surface area contributed by atoms with E-state index in [-0.39, 0.29) is 12.3 Å². The lowest BCUT2D eigenvalue weighted by atomic mass is 10.1. The summed E-state index contributed by atoms with van der Waals surface area (Å²) in [5, 5.41) is 0. The molecule has 0 unspecified atom stereocenters. The van der Waals surface area contributed by atoms with Gasteiger partial charge in [0.15, 0.2) is 11.5 Å². The minimum Gasteiger partial charge on any atom is -0.493 e. The van der Waals surface area contributed by atoms with Gasteiger partial charge in [-0.3, -0.25) is 4.79 Å². The van der Waals surface area contributed by atoms with E-state index in [1.807, 2.05) is 6.07 Å². The molecule has 0 aromatic heterocycles. The maximum atomic E-state index is 12.4. The first-order valence-corrected chi connectivity index (χ1v) is 9.13. The van der Waals surface area contributed by atoms with Gasteiger partial charge >= 0.3 is 0 Å². The van der Waals surface area contributed by atoms with Crippen LogP contribution in [0.25, 0.3) is 0 Å². The first kappa shape index (κ1) is 17.6. The quantitative estimate of drug-likeness (QED) is 0.772. The Morgan fingerprint density at radius 1 is 1.09 bits per heavy atom. The van der Waals surface area contributed by atoms with Crippen LogP contribution in [0, 0.1) is 0 Å². The van der Waals surface area contributed by atoms with Crippen LogP contribution in [0.5, 0.6) is 11.5 Å². The number of carbonyl (C=O) groups is 1. The molecule has 8 heteroatoms. The van der Waals surface area contributed by atoms with Crippen LogP contribution in [0.2, 0.25) is 0 Å². The third kappa shape index (κ3) is 4.35. The van der Waals surface area contributed by atoms with Crippen LogP contribution in [-0.2, 0) is 21.2 Å². The molecule has 23 heavy (non-hydrogen) atoms. The van der Waals surface area contributed by atoms with Gasteiger partial charge < -0.3 is 14.4 Å². The number of ether oxygens (including phenoxy) is 2. The van der Waals surface area contributed by atoms with Crippen LogP contribution >= 0.6 is 0 Å². The standard InChI is InChI=1S/C15H22N2O5S/c1-21-13-5-4-12(10-14(13)22-2)11-15(18)16-6-8-17(9-7-16)23(3,19)20/h4-5,10H,6-9,11H2,1-3H3. The van der Waals surface area contributed by atoms with Crippen LogP contribution in [0.15, 0.2) is 18.2 Å². The van der Waals surface area contributed by atoms with Crippen molar-refractivity contribution in [2.45, 2.75) is 6.42 Å². The number of carbonyl (C=O) groups excluding carboxylic acids is 1. The van der Waals surface area contributed by atoms with E-state index in [4.69, 9.17) is 9.47 Å². The Morgan fingerprint density at radius 2 is 1.70 bits per heavy atom. The molecular formula is C15H22N2O5S. The number of hydrogen-bond acceptors (Lipinski definition) is 5. The molecule has 0 radical (unpaired) electrons. The molecule has 0 bridgehead atoms. The largest absolute Gasteiger partial charge is 0.493 e. The van der Waals surface area contributed by atoms with Gasteiger partial charge in [-0.25, -0.2) is 8.42 Å². The van der Waals surface area contributed by atoms with Crippen molar-refractivity contribution in [2.75, 3.05) is 46.7 Å². The molecule has 7 nitrogen and oxygen atoms in total. The molecule has 0 spiro atoms. The fourth-order valence-corrected chi connectivity index (χ4v) is 3.37. The topological polar surface area (TPSA) is 76.2 Å². The monoisotopic (exact) mass is 342 g/mol. The fraction of sp³-hybridized carbons (Fsp3) is 0.533. The molecule has 128 valence electrons. The fourth-order valence-electron chi connectivity index (χ4n) is 2.55. The molecular weight excluding hydrogens is 320 g/mol. The van der Waals surface area contributed by atoms with E-state index in [0.29, 0.717) is 37.7 Å². The Labute approximate surface area is 136 Å². The number of rotatable bonds is 5. The van der Waals surface area contributed by atoms with Crippen LogP contribution in [0.3, 0.4) is 0 Å². The highest BCUT2D eigenvalue weighted by molar-refractivity contribution is 7.88. The van der Waals surface area contributed by atoms with Crippen molar-refractivity contribution in [1.29, 1.82) is 0 Å². The van der Waals surface area contributed by atoms with Gasteiger partial charge in [0.25, 0.3) is 0 Å². The number of methoxy groups -OCH3 is 2. The predicted octanol–water partition coefficient (Wildman–Crippen LogP) is 0.350. The first-order valence-electron chi connectivity index (χ1n) is 7.29. The summed E-state index contributed by atoms with van der Waals surface area (Å²) in [5.41, 5.74) is 0.832. The molecule has 0 aliphatic carbocycles. The van der Waals surface area contributed by atoms with Gasteiger partial charge in [0.1, 0.15) is 0 Å². The Balaban J connectivity index is 1.98. The number of sulfonamides is 1. The highest BCUT2D eigenvalue weighted by Crippen LogP contribution is 2.27. The summed E-state index contributed by atoms with van der Waals surface area (Å²) < 4.78 is 34.8. The molecule has 1 fully saturated rings. The van der Waals surface area contributed by atoms with Crippen molar-refractivity contribution >= 4 is 15.9 Å². The van der Waals surface area contributed by atoms with Crippen molar-refractivity contribution < 1.29 is 22.7 Å². The summed E-state index contributed by atoms with van der Waals surface area (Å²) in [6.45, 7) is 1.52. The minimum absolute atomic E-state index is 0.0228. The summed E-state index contributed by atoms with van der Waals surface area (Å²) >= 11 is 0. The summed E-state index contributed by atoms with van der Waals surface area (Å²) in [6, 6.07) is 5.37. The Bertz CT molecular complexity index is 666. The molecule has 1 aromatic carbocycles. The molecule has 0 atom stereocenters. The van der Waals surface area contributed by atoms with E-state index in [1.165, 1.54) is 10.6 Å². The summed E-state index contributed by atoms with van der Waals surface area (Å²) in [6.07, 6.45) is 1.44. The number of hydrogen-bond donors (Lipinski definition) is 0. The van der Waals surface area contributed by atoms with E-state index in [0.717, 1.165) is 5.56 Å². The van der Waals surface area contributed by atoms with E-state index in [9.17, 15) is 13.2 Å². The minimum atomic E-state index is -3.19. The Hall–Kier alpha value is -1.80. The smallest absolute Gasteiger partial charge is 0.227 e. The highest BCUT2D eigenvalue weighted by Gasteiger charge is 2.26.